The van der Waals surface area contributed by atoms with Gasteiger partial charge >= 0.3 is 0 Å². The quantitative estimate of drug-likeness (QED) is 0.553. The number of carbonyl (C=O) groups is 1. The zero-order valence-corrected chi connectivity index (χ0v) is 18.8. The number of morpholine rings is 1. The number of amides is 1. The van der Waals surface area contributed by atoms with Crippen LogP contribution in [0.2, 0.25) is 5.02 Å². The monoisotopic (exact) mass is 477 g/mol. The molecule has 0 bridgehead atoms. The molecule has 1 aromatic heterocycles. The van der Waals surface area contributed by atoms with Gasteiger partial charge in [0.1, 0.15) is 4.90 Å². The first-order valence-electron chi connectivity index (χ1n) is 9.52. The molecule has 0 radical (unpaired) electrons. The number of hydrogen-bond donors (Lipinski definition) is 2. The highest BCUT2D eigenvalue weighted by Gasteiger charge is 2.25. The van der Waals surface area contributed by atoms with Gasteiger partial charge in [-0.3, -0.25) is 9.52 Å². The molecule has 0 saturated carbocycles. The molecular weight excluding hydrogens is 458 g/mol. The number of ether oxygens (including phenoxy) is 1. The summed E-state index contributed by atoms with van der Waals surface area (Å²) in [4.78, 5) is 14.5. The van der Waals surface area contributed by atoms with Crippen LogP contribution >= 0.6 is 22.9 Å². The fourth-order valence-corrected chi connectivity index (χ4v) is 5.42. The van der Waals surface area contributed by atoms with Crippen LogP contribution in [-0.4, -0.2) is 40.6 Å². The zero-order chi connectivity index (χ0) is 21.8. The third-order valence-corrected chi connectivity index (χ3v) is 7.17. The Bertz CT molecular complexity index is 1180. The maximum absolute atomic E-state index is 13.3. The first-order valence-corrected chi connectivity index (χ1v) is 12.3. The summed E-state index contributed by atoms with van der Waals surface area (Å²) in [7, 11) is -3.99. The van der Waals surface area contributed by atoms with Gasteiger partial charge in [0.15, 0.2) is 0 Å². The number of nitrogens with one attached hydrogen (secondary N) is 2. The average molecular weight is 478 g/mol. The van der Waals surface area contributed by atoms with E-state index >= 15 is 0 Å². The topological polar surface area (TPSA) is 87.7 Å². The molecule has 0 atom stereocenters. The van der Waals surface area contributed by atoms with Gasteiger partial charge in [-0.2, -0.15) is 11.3 Å². The second-order valence-electron chi connectivity index (χ2n) is 6.83. The van der Waals surface area contributed by atoms with E-state index < -0.39 is 10.0 Å². The standard InChI is InChI=1S/C21H20ClN3O4S2/c22-17-3-1-2-4-18(17)24-31(27,28)20-13-16(23-21(26)15-7-12-30-14-15)5-6-19(20)25-8-10-29-11-9-25/h1-7,12-14,24H,8-11H2,(H,23,26). The number of para-hydroxylation sites is 1. The minimum absolute atomic E-state index is 0.0532. The van der Waals surface area contributed by atoms with Gasteiger partial charge in [0.25, 0.3) is 15.9 Å². The summed E-state index contributed by atoms with van der Waals surface area (Å²) in [5, 5.41) is 6.60. The van der Waals surface area contributed by atoms with E-state index in [0.29, 0.717) is 48.3 Å². The first kappa shape index (κ1) is 21.6. The first-order chi connectivity index (χ1) is 14.9. The Kier molecular flexibility index (Phi) is 6.47. The zero-order valence-electron chi connectivity index (χ0n) is 16.4. The van der Waals surface area contributed by atoms with Crippen LogP contribution in [0, 0.1) is 0 Å². The lowest BCUT2D eigenvalue weighted by Gasteiger charge is -2.30. The van der Waals surface area contributed by atoms with E-state index in [2.05, 4.69) is 10.0 Å². The fraction of sp³-hybridized carbons (Fsp3) is 0.190. The minimum Gasteiger partial charge on any atom is -0.378 e. The molecule has 2 heterocycles. The number of benzene rings is 2. The summed E-state index contributed by atoms with van der Waals surface area (Å²) in [6.45, 7) is 2.15. The van der Waals surface area contributed by atoms with Crippen molar-refractivity contribution in [2.45, 2.75) is 4.90 Å². The van der Waals surface area contributed by atoms with E-state index in [1.165, 1.54) is 17.4 Å². The predicted molar refractivity (Wildman–Crippen MR) is 124 cm³/mol. The van der Waals surface area contributed by atoms with Crippen LogP contribution in [0.5, 0.6) is 0 Å². The van der Waals surface area contributed by atoms with Crippen molar-refractivity contribution in [3.63, 3.8) is 0 Å². The molecule has 0 unspecified atom stereocenters. The molecule has 0 spiro atoms. The van der Waals surface area contributed by atoms with Crippen molar-refractivity contribution in [2.24, 2.45) is 0 Å². The lowest BCUT2D eigenvalue weighted by Crippen LogP contribution is -2.37. The highest BCUT2D eigenvalue weighted by atomic mass is 35.5. The largest absolute Gasteiger partial charge is 0.378 e. The van der Waals surface area contributed by atoms with Crippen molar-refractivity contribution in [3.8, 4) is 0 Å². The molecule has 1 fully saturated rings. The van der Waals surface area contributed by atoms with Crippen molar-refractivity contribution in [1.82, 2.24) is 0 Å². The van der Waals surface area contributed by atoms with Gasteiger partial charge in [0.05, 0.1) is 35.2 Å². The Morgan fingerprint density at radius 2 is 1.87 bits per heavy atom. The number of anilines is 3. The normalized spacial score (nSPS) is 14.3. The van der Waals surface area contributed by atoms with Gasteiger partial charge in [-0.15, -0.1) is 0 Å². The molecule has 31 heavy (non-hydrogen) atoms. The predicted octanol–water partition coefficient (Wildman–Crippen LogP) is 4.29. The van der Waals surface area contributed by atoms with Crippen molar-refractivity contribution in [1.29, 1.82) is 0 Å². The van der Waals surface area contributed by atoms with Crippen LogP contribution in [0.25, 0.3) is 0 Å². The van der Waals surface area contributed by atoms with E-state index in [4.69, 9.17) is 16.3 Å². The second kappa shape index (κ2) is 9.27. The van der Waals surface area contributed by atoms with E-state index in [1.54, 1.807) is 53.2 Å². The van der Waals surface area contributed by atoms with Gasteiger partial charge in [-0.1, -0.05) is 23.7 Å². The number of sulfonamides is 1. The highest BCUT2D eigenvalue weighted by molar-refractivity contribution is 7.93. The third-order valence-electron chi connectivity index (χ3n) is 4.76. The molecule has 7 nitrogen and oxygen atoms in total. The van der Waals surface area contributed by atoms with Crippen molar-refractivity contribution in [3.05, 3.63) is 69.9 Å². The second-order valence-corrected chi connectivity index (χ2v) is 9.67. The fourth-order valence-electron chi connectivity index (χ4n) is 3.21. The number of halogens is 1. The number of thiophene rings is 1. The van der Waals surface area contributed by atoms with E-state index in [-0.39, 0.29) is 16.5 Å². The summed E-state index contributed by atoms with van der Waals surface area (Å²) in [6, 6.07) is 13.2. The van der Waals surface area contributed by atoms with Crippen LogP contribution in [-0.2, 0) is 14.8 Å². The Hall–Kier alpha value is -2.59. The molecular formula is C21H20ClN3O4S2. The molecule has 1 aliphatic heterocycles. The number of carbonyl (C=O) groups excluding carboxylic acids is 1. The van der Waals surface area contributed by atoms with Crippen LogP contribution in [0.15, 0.2) is 64.2 Å². The molecule has 1 aliphatic rings. The van der Waals surface area contributed by atoms with E-state index in [1.807, 2.05) is 4.90 Å². The average Bonchev–Trinajstić information content (AvgIpc) is 3.31. The van der Waals surface area contributed by atoms with Gasteiger partial charge in [-0.25, -0.2) is 8.42 Å². The summed E-state index contributed by atoms with van der Waals surface area (Å²) >= 11 is 7.57. The molecule has 0 aliphatic carbocycles. The Morgan fingerprint density at radius 1 is 1.10 bits per heavy atom. The van der Waals surface area contributed by atoms with Crippen molar-refractivity contribution in [2.75, 3.05) is 41.2 Å². The molecule has 10 heteroatoms. The number of nitrogens with zero attached hydrogens (tertiary/aromatic N) is 1. The van der Waals surface area contributed by atoms with Crippen molar-refractivity contribution >= 4 is 55.9 Å². The van der Waals surface area contributed by atoms with Crippen molar-refractivity contribution < 1.29 is 17.9 Å². The SMILES string of the molecule is O=C(Nc1ccc(N2CCOCC2)c(S(=O)(=O)Nc2ccccc2Cl)c1)c1ccsc1. The molecule has 2 aromatic carbocycles. The maximum Gasteiger partial charge on any atom is 0.264 e. The summed E-state index contributed by atoms with van der Waals surface area (Å²) in [5.41, 5.74) is 1.72. The molecule has 162 valence electrons. The van der Waals surface area contributed by atoms with Gasteiger partial charge in [0.2, 0.25) is 0 Å². The highest BCUT2D eigenvalue weighted by Crippen LogP contribution is 2.32. The maximum atomic E-state index is 13.3. The smallest absolute Gasteiger partial charge is 0.264 e. The van der Waals surface area contributed by atoms with Crippen LogP contribution < -0.4 is 14.9 Å². The van der Waals surface area contributed by atoms with Gasteiger partial charge in [-0.05, 0) is 41.8 Å². The number of hydrogen-bond acceptors (Lipinski definition) is 6. The number of rotatable bonds is 6. The molecule has 1 saturated heterocycles. The van der Waals surface area contributed by atoms with Crippen LogP contribution in [0.1, 0.15) is 10.4 Å². The Labute approximate surface area is 189 Å². The summed E-state index contributed by atoms with van der Waals surface area (Å²) in [5.74, 6) is -0.303. The van der Waals surface area contributed by atoms with Gasteiger partial charge in [0, 0.05) is 24.2 Å². The van der Waals surface area contributed by atoms with E-state index in [9.17, 15) is 13.2 Å². The minimum atomic E-state index is -3.99. The third kappa shape index (κ3) is 5.01. The lowest BCUT2D eigenvalue weighted by molar-refractivity contribution is 0.102. The Balaban J connectivity index is 1.71. The summed E-state index contributed by atoms with van der Waals surface area (Å²) < 4.78 is 34.6. The molecule has 4 rings (SSSR count). The van der Waals surface area contributed by atoms with E-state index in [0.717, 1.165) is 0 Å². The van der Waals surface area contributed by atoms with Crippen LogP contribution in [0.3, 0.4) is 0 Å². The molecule has 3 aromatic rings. The molecule has 1 amide bonds. The lowest BCUT2D eigenvalue weighted by atomic mass is 10.2. The van der Waals surface area contributed by atoms with Gasteiger partial charge < -0.3 is 15.0 Å². The van der Waals surface area contributed by atoms with Crippen LogP contribution in [0.4, 0.5) is 17.1 Å². The Morgan fingerprint density at radius 3 is 2.58 bits per heavy atom. The summed E-state index contributed by atoms with van der Waals surface area (Å²) in [6.07, 6.45) is 0. The molecule has 2 N–H and O–H groups in total.